The summed E-state index contributed by atoms with van der Waals surface area (Å²) >= 11 is 0. The summed E-state index contributed by atoms with van der Waals surface area (Å²) in [5.41, 5.74) is 0. The van der Waals surface area contributed by atoms with Crippen LogP contribution in [0.5, 0.6) is 0 Å². The van der Waals surface area contributed by atoms with Gasteiger partial charge in [0.15, 0.2) is 0 Å². The van der Waals surface area contributed by atoms with Crippen LogP contribution in [0, 0.1) is 11.8 Å². The summed E-state index contributed by atoms with van der Waals surface area (Å²) in [4.78, 5) is 49.1. The van der Waals surface area contributed by atoms with Crippen LogP contribution in [0.4, 0.5) is 4.79 Å². The molecule has 8 fully saturated rings. The molecule has 8 rings (SSSR count). The first-order valence-electron chi connectivity index (χ1n) is 21.1. The normalized spacial score (nSPS) is 33.0. The molecule has 0 aromatic rings. The number of likely N-dealkylation sites (tertiary alicyclic amines) is 5. The van der Waals surface area contributed by atoms with Crippen LogP contribution in [0.1, 0.15) is 129 Å². The molecule has 6 aliphatic heterocycles. The Kier molecular flexibility index (Phi) is 12.3. The zero-order chi connectivity index (χ0) is 34.6. The molecule has 6 heterocycles. The fourth-order valence-corrected chi connectivity index (χ4v) is 11.5. The van der Waals surface area contributed by atoms with Gasteiger partial charge in [-0.1, -0.05) is 25.7 Å². The lowest BCUT2D eigenvalue weighted by Crippen LogP contribution is -2.53. The van der Waals surface area contributed by atoms with Crippen molar-refractivity contribution in [1.82, 2.24) is 29.8 Å². The molecule has 282 valence electrons. The number of rotatable bonds is 5. The van der Waals surface area contributed by atoms with Crippen molar-refractivity contribution >= 4 is 17.9 Å². The van der Waals surface area contributed by atoms with Gasteiger partial charge in [0.25, 0.3) is 0 Å². The molecule has 0 unspecified atom stereocenters. The molecule has 50 heavy (non-hydrogen) atoms. The van der Waals surface area contributed by atoms with Crippen molar-refractivity contribution in [1.29, 1.82) is 0 Å². The number of carbonyl (C=O) groups is 3. The fourth-order valence-electron chi connectivity index (χ4n) is 11.5. The van der Waals surface area contributed by atoms with Crippen molar-refractivity contribution in [3.8, 4) is 0 Å². The Bertz CT molecular complexity index is 1140. The average molecular weight is 697 g/mol. The van der Waals surface area contributed by atoms with Gasteiger partial charge >= 0.3 is 6.09 Å². The lowest BCUT2D eigenvalue weighted by atomic mass is 9.84. The van der Waals surface area contributed by atoms with E-state index in [2.05, 4.69) is 24.9 Å². The smallest absolute Gasteiger partial charge is 0.410 e. The van der Waals surface area contributed by atoms with Crippen LogP contribution in [-0.4, -0.2) is 137 Å². The Hall–Kier alpha value is -1.91. The molecule has 4 atom stereocenters. The lowest BCUT2D eigenvalue weighted by Gasteiger charge is -2.45. The van der Waals surface area contributed by atoms with Gasteiger partial charge in [0.1, 0.15) is 0 Å². The molecule has 0 bridgehead atoms. The molecule has 10 nitrogen and oxygen atoms in total. The molecular formula is C40H68N6O4. The van der Waals surface area contributed by atoms with Crippen molar-refractivity contribution in [2.75, 3.05) is 52.4 Å². The highest BCUT2D eigenvalue weighted by atomic mass is 16.6. The third-order valence-electron chi connectivity index (χ3n) is 14.1. The van der Waals surface area contributed by atoms with E-state index in [4.69, 9.17) is 4.74 Å². The third kappa shape index (κ3) is 8.33. The largest absolute Gasteiger partial charge is 0.447 e. The van der Waals surface area contributed by atoms with Gasteiger partial charge in [0.05, 0.1) is 6.10 Å². The Labute approximate surface area is 302 Å². The van der Waals surface area contributed by atoms with Crippen LogP contribution in [0.2, 0.25) is 0 Å². The van der Waals surface area contributed by atoms with Crippen molar-refractivity contribution in [3.63, 3.8) is 0 Å². The molecule has 0 radical (unpaired) electrons. The quantitative estimate of drug-likeness (QED) is 0.421. The number of nitrogens with zero attached hydrogens (tertiary/aromatic N) is 5. The minimum absolute atomic E-state index is 0.0543. The van der Waals surface area contributed by atoms with Crippen LogP contribution >= 0.6 is 0 Å². The van der Waals surface area contributed by atoms with Crippen molar-refractivity contribution in [2.45, 2.75) is 172 Å². The highest BCUT2D eigenvalue weighted by Crippen LogP contribution is 2.41. The van der Waals surface area contributed by atoms with E-state index in [-0.39, 0.29) is 12.2 Å². The van der Waals surface area contributed by atoms with Gasteiger partial charge in [0.2, 0.25) is 11.8 Å². The minimum atomic E-state index is -0.165. The second-order valence-corrected chi connectivity index (χ2v) is 17.4. The molecule has 2 saturated carbocycles. The second kappa shape index (κ2) is 16.8. The predicted molar refractivity (Wildman–Crippen MR) is 196 cm³/mol. The van der Waals surface area contributed by atoms with E-state index in [9.17, 15) is 14.4 Å². The molecule has 0 spiro atoms. The number of ether oxygens (including phenoxy) is 1. The van der Waals surface area contributed by atoms with Gasteiger partial charge in [-0.2, -0.15) is 0 Å². The van der Waals surface area contributed by atoms with Crippen LogP contribution in [0.15, 0.2) is 0 Å². The summed E-state index contributed by atoms with van der Waals surface area (Å²) in [6.07, 6.45) is 21.1. The standard InChI is InChI=1S/C22H37N3O3.C18H31N3O/c1-16(2)28-22(27)24-13-7-18(8-14-24)23-11-9-19(10-12-23)25-20-6-4-3-5-17(20)15-21(25)26;22-18-13-14-3-1-2-4-17(14)21(18)16-7-11-20(12-8-16)15-5-9-19-10-6-15/h16-20H,3-15H2,1-2H3;14-17,19H,1-13H2/t17-,20+;14-,17+/m11/s1. The lowest BCUT2D eigenvalue weighted by molar-refractivity contribution is -0.133. The highest BCUT2D eigenvalue weighted by molar-refractivity contribution is 5.80. The summed E-state index contributed by atoms with van der Waals surface area (Å²) in [7, 11) is 0. The number of fused-ring (bicyclic) bond motifs is 2. The maximum Gasteiger partial charge on any atom is 0.410 e. The molecule has 0 aromatic carbocycles. The average Bonchev–Trinajstić information content (AvgIpc) is 3.67. The summed E-state index contributed by atoms with van der Waals surface area (Å²) in [5.74, 6) is 2.21. The molecular weight excluding hydrogens is 628 g/mol. The number of hydrogen-bond donors (Lipinski definition) is 1. The third-order valence-corrected chi connectivity index (χ3v) is 14.1. The highest BCUT2D eigenvalue weighted by Gasteiger charge is 2.46. The molecule has 10 heteroatoms. The van der Waals surface area contributed by atoms with Gasteiger partial charge in [0, 0.05) is 88.4 Å². The van der Waals surface area contributed by atoms with Crippen LogP contribution in [0.3, 0.4) is 0 Å². The van der Waals surface area contributed by atoms with Crippen molar-refractivity contribution in [3.05, 3.63) is 0 Å². The zero-order valence-electron chi connectivity index (χ0n) is 31.4. The zero-order valence-corrected chi connectivity index (χ0v) is 31.4. The minimum Gasteiger partial charge on any atom is -0.447 e. The number of nitrogens with one attached hydrogen (secondary N) is 1. The molecule has 8 aliphatic rings. The van der Waals surface area contributed by atoms with Crippen LogP contribution in [0.25, 0.3) is 0 Å². The van der Waals surface area contributed by atoms with Gasteiger partial charge in [-0.25, -0.2) is 4.79 Å². The van der Waals surface area contributed by atoms with Crippen molar-refractivity contribution < 1.29 is 19.1 Å². The van der Waals surface area contributed by atoms with E-state index in [1.807, 2.05) is 18.7 Å². The van der Waals surface area contributed by atoms with E-state index < -0.39 is 0 Å². The number of carbonyl (C=O) groups excluding carboxylic acids is 3. The predicted octanol–water partition coefficient (Wildman–Crippen LogP) is 5.25. The van der Waals surface area contributed by atoms with E-state index >= 15 is 0 Å². The molecule has 6 saturated heterocycles. The first-order valence-corrected chi connectivity index (χ1v) is 21.1. The number of hydrogen-bond acceptors (Lipinski definition) is 7. The molecule has 3 amide bonds. The SMILES string of the molecule is CC(C)OC(=O)N1CCC(N2CCC(N3C(=O)C[C@H]4CCCC[C@@H]43)CC2)CC1.O=C1C[C@H]2CCCC[C@@H]2N1C1CCN(C2CCNCC2)CC1. The Morgan fingerprint density at radius 2 is 1.00 bits per heavy atom. The monoisotopic (exact) mass is 697 g/mol. The number of amides is 3. The first kappa shape index (κ1) is 36.4. The maximum atomic E-state index is 12.7. The summed E-state index contributed by atoms with van der Waals surface area (Å²) in [6.45, 7) is 12.3. The molecule has 1 N–H and O–H groups in total. The Morgan fingerprint density at radius 3 is 1.46 bits per heavy atom. The molecule has 2 aliphatic carbocycles. The van der Waals surface area contributed by atoms with Crippen LogP contribution < -0.4 is 5.32 Å². The van der Waals surface area contributed by atoms with E-state index in [1.54, 1.807) is 0 Å². The van der Waals surface area contributed by atoms with Crippen LogP contribution in [-0.2, 0) is 14.3 Å². The van der Waals surface area contributed by atoms with Gasteiger partial charge in [-0.3, -0.25) is 9.59 Å². The fraction of sp³-hybridized carbons (Fsp3) is 0.925. The van der Waals surface area contributed by atoms with E-state index in [1.165, 1.54) is 103 Å². The summed E-state index contributed by atoms with van der Waals surface area (Å²) in [5, 5.41) is 3.46. The second-order valence-electron chi connectivity index (χ2n) is 17.4. The van der Waals surface area contributed by atoms with Gasteiger partial charge < -0.3 is 34.6 Å². The number of piperidine rings is 4. The van der Waals surface area contributed by atoms with Gasteiger partial charge in [-0.15, -0.1) is 0 Å². The first-order chi connectivity index (χ1) is 24.4. The van der Waals surface area contributed by atoms with E-state index in [0.717, 1.165) is 70.7 Å². The summed E-state index contributed by atoms with van der Waals surface area (Å²) in [6, 6.07) is 3.49. The summed E-state index contributed by atoms with van der Waals surface area (Å²) < 4.78 is 5.33. The van der Waals surface area contributed by atoms with Crippen molar-refractivity contribution in [2.24, 2.45) is 11.8 Å². The maximum absolute atomic E-state index is 12.7. The topological polar surface area (TPSA) is 88.7 Å². The Morgan fingerprint density at radius 1 is 0.580 bits per heavy atom. The molecule has 0 aromatic heterocycles. The Balaban J connectivity index is 0.000000161. The van der Waals surface area contributed by atoms with Gasteiger partial charge in [-0.05, 0) is 116 Å². The van der Waals surface area contributed by atoms with E-state index in [0.29, 0.717) is 53.9 Å².